The molecule has 1 aliphatic carbocycles. The number of halogens is 1. The highest BCUT2D eigenvalue weighted by atomic mass is 19.1. The average molecular weight is 235 g/mol. The fourth-order valence-electron chi connectivity index (χ4n) is 3.16. The summed E-state index contributed by atoms with van der Waals surface area (Å²) in [4.78, 5) is 2.35. The van der Waals surface area contributed by atoms with Crippen LogP contribution in [0.25, 0.3) is 0 Å². The lowest BCUT2D eigenvalue weighted by molar-refractivity contribution is 0.134. The number of hydrogen-bond donors (Lipinski definition) is 0. The number of likely N-dealkylation sites (N-methyl/N-ethyl adjacent to an activating group) is 1. The van der Waals surface area contributed by atoms with Crippen LogP contribution in [0.1, 0.15) is 19.4 Å². The van der Waals surface area contributed by atoms with Crippen LogP contribution in [0, 0.1) is 5.92 Å². The van der Waals surface area contributed by atoms with Crippen LogP contribution < -0.4 is 0 Å². The Kier molecular flexibility index (Phi) is 2.74. The maximum absolute atomic E-state index is 14.5. The van der Waals surface area contributed by atoms with Crippen LogP contribution in [0.15, 0.2) is 30.6 Å². The molecule has 1 saturated heterocycles. The number of hydrogen-bond acceptors (Lipinski definition) is 2. The summed E-state index contributed by atoms with van der Waals surface area (Å²) in [5.41, 5.74) is 0. The lowest BCUT2D eigenvalue weighted by atomic mass is 9.85. The Hall–Kier alpha value is -1.16. The average Bonchev–Trinajstić information content (AvgIpc) is 2.97. The number of nitrogens with zero attached hydrogens (tertiary/aromatic N) is 3. The van der Waals surface area contributed by atoms with Gasteiger partial charge in [-0.25, -0.2) is 4.39 Å². The van der Waals surface area contributed by atoms with Crippen LogP contribution in [0.2, 0.25) is 0 Å². The highest BCUT2D eigenvalue weighted by molar-refractivity contribution is 5.14. The van der Waals surface area contributed by atoms with Crippen LogP contribution in [0.3, 0.4) is 0 Å². The molecular formula is C13H18FN3. The molecule has 0 aromatic carbocycles. The van der Waals surface area contributed by atoms with E-state index in [1.54, 1.807) is 10.9 Å². The minimum atomic E-state index is -0.818. The first kappa shape index (κ1) is 11.0. The molecule has 0 radical (unpaired) electrons. The monoisotopic (exact) mass is 235 g/mol. The molecule has 0 spiro atoms. The van der Waals surface area contributed by atoms with Gasteiger partial charge in [0.1, 0.15) is 12.2 Å². The third kappa shape index (κ3) is 1.71. The van der Waals surface area contributed by atoms with E-state index in [0.717, 1.165) is 19.5 Å². The Bertz CT molecular complexity index is 401. The fraction of sp³-hybridized carbons (Fsp3) is 0.615. The number of allylic oxidation sites excluding steroid dienone is 1. The van der Waals surface area contributed by atoms with Crippen molar-refractivity contribution in [2.45, 2.75) is 31.6 Å². The number of alkyl halides is 1. The standard InChI is InChI=1S/C13H18FN3/c1-2-16-9-6-10-11(16)4-5-12(13(10)14)17-8-3-7-15-17/h3-5,7-8,10-13H,2,6,9H2,1H3/t10-,11+,12+,13-/m0/s1. The van der Waals surface area contributed by atoms with Crippen molar-refractivity contribution in [1.29, 1.82) is 0 Å². The van der Waals surface area contributed by atoms with Crippen molar-refractivity contribution in [2.24, 2.45) is 5.92 Å². The van der Waals surface area contributed by atoms with Crippen LogP contribution in [-0.4, -0.2) is 40.0 Å². The van der Waals surface area contributed by atoms with E-state index in [1.807, 2.05) is 18.3 Å². The molecule has 0 bridgehead atoms. The SMILES string of the molecule is CCN1CC[C@@H]2[C@H](F)[C@H](n3cccn3)C=C[C@H]21. The topological polar surface area (TPSA) is 21.1 Å². The molecule has 1 aliphatic heterocycles. The largest absolute Gasteiger partial charge is 0.297 e. The van der Waals surface area contributed by atoms with Gasteiger partial charge in [-0.3, -0.25) is 9.58 Å². The van der Waals surface area contributed by atoms with Crippen LogP contribution in [0.5, 0.6) is 0 Å². The van der Waals surface area contributed by atoms with Gasteiger partial charge in [-0.1, -0.05) is 19.1 Å². The quantitative estimate of drug-likeness (QED) is 0.731. The molecule has 1 aromatic heterocycles. The van der Waals surface area contributed by atoms with E-state index in [1.165, 1.54) is 0 Å². The molecule has 3 nitrogen and oxygen atoms in total. The van der Waals surface area contributed by atoms with Crippen molar-refractivity contribution < 1.29 is 4.39 Å². The van der Waals surface area contributed by atoms with Gasteiger partial charge >= 0.3 is 0 Å². The Labute approximate surface area is 101 Å². The second-order valence-corrected chi connectivity index (χ2v) is 4.88. The first-order valence-corrected chi connectivity index (χ1v) is 6.37. The normalized spacial score (nSPS) is 37.3. The molecule has 3 rings (SSSR count). The zero-order valence-corrected chi connectivity index (χ0v) is 10.0. The molecule has 0 amide bonds. The first-order valence-electron chi connectivity index (χ1n) is 6.37. The lowest BCUT2D eigenvalue weighted by Crippen LogP contribution is -2.40. The minimum Gasteiger partial charge on any atom is -0.297 e. The van der Waals surface area contributed by atoms with Crippen molar-refractivity contribution >= 4 is 0 Å². The van der Waals surface area contributed by atoms with Crippen molar-refractivity contribution in [3.63, 3.8) is 0 Å². The van der Waals surface area contributed by atoms with E-state index in [-0.39, 0.29) is 12.0 Å². The molecular weight excluding hydrogens is 217 g/mol. The Morgan fingerprint density at radius 2 is 2.18 bits per heavy atom. The molecule has 1 fully saturated rings. The van der Waals surface area contributed by atoms with E-state index >= 15 is 0 Å². The minimum absolute atomic E-state index is 0.133. The van der Waals surface area contributed by atoms with Gasteiger partial charge in [-0.05, 0) is 25.6 Å². The van der Waals surface area contributed by atoms with E-state index in [2.05, 4.69) is 23.0 Å². The summed E-state index contributed by atoms with van der Waals surface area (Å²) in [6.07, 6.45) is 7.84. The van der Waals surface area contributed by atoms with Gasteiger partial charge in [-0.15, -0.1) is 0 Å². The molecule has 4 heteroatoms. The third-order valence-electron chi connectivity index (χ3n) is 4.09. The summed E-state index contributed by atoms with van der Waals surface area (Å²) in [6, 6.07) is 1.92. The smallest absolute Gasteiger partial charge is 0.131 e. The summed E-state index contributed by atoms with van der Waals surface area (Å²) < 4.78 is 16.3. The number of fused-ring (bicyclic) bond motifs is 1. The lowest BCUT2D eigenvalue weighted by Gasteiger charge is -2.33. The molecule has 17 heavy (non-hydrogen) atoms. The Balaban J connectivity index is 1.86. The fourth-order valence-corrected chi connectivity index (χ4v) is 3.16. The van der Waals surface area contributed by atoms with Crippen LogP contribution >= 0.6 is 0 Å². The predicted octanol–water partition coefficient (Wildman–Crippen LogP) is 2.04. The van der Waals surface area contributed by atoms with Gasteiger partial charge in [0.15, 0.2) is 0 Å². The maximum atomic E-state index is 14.5. The molecule has 2 aliphatic rings. The highest BCUT2D eigenvalue weighted by Crippen LogP contribution is 2.38. The Morgan fingerprint density at radius 1 is 1.35 bits per heavy atom. The zero-order chi connectivity index (χ0) is 11.8. The van der Waals surface area contributed by atoms with Crippen molar-refractivity contribution in [2.75, 3.05) is 13.1 Å². The van der Waals surface area contributed by atoms with E-state index in [9.17, 15) is 4.39 Å². The van der Waals surface area contributed by atoms with Gasteiger partial charge in [0.25, 0.3) is 0 Å². The van der Waals surface area contributed by atoms with E-state index in [0.29, 0.717) is 6.04 Å². The maximum Gasteiger partial charge on any atom is 0.131 e. The van der Waals surface area contributed by atoms with Crippen molar-refractivity contribution in [1.82, 2.24) is 14.7 Å². The molecule has 2 heterocycles. The van der Waals surface area contributed by atoms with Gasteiger partial charge in [0.05, 0.1) is 0 Å². The number of likely N-dealkylation sites (tertiary alicyclic amines) is 1. The number of rotatable bonds is 2. The third-order valence-corrected chi connectivity index (χ3v) is 4.09. The summed E-state index contributed by atoms with van der Waals surface area (Å²) >= 11 is 0. The molecule has 4 atom stereocenters. The molecule has 0 unspecified atom stereocenters. The van der Waals surface area contributed by atoms with Gasteiger partial charge in [-0.2, -0.15) is 5.10 Å². The molecule has 0 N–H and O–H groups in total. The van der Waals surface area contributed by atoms with Gasteiger partial charge in [0.2, 0.25) is 0 Å². The highest BCUT2D eigenvalue weighted by Gasteiger charge is 2.43. The van der Waals surface area contributed by atoms with Crippen LogP contribution in [0.4, 0.5) is 4.39 Å². The number of aromatic nitrogens is 2. The molecule has 92 valence electrons. The second kappa shape index (κ2) is 4.26. The molecule has 0 saturated carbocycles. The Morgan fingerprint density at radius 3 is 2.88 bits per heavy atom. The van der Waals surface area contributed by atoms with Crippen LogP contribution in [-0.2, 0) is 0 Å². The van der Waals surface area contributed by atoms with Crippen molar-refractivity contribution in [3.05, 3.63) is 30.6 Å². The summed E-state index contributed by atoms with van der Waals surface area (Å²) in [5.74, 6) is 0.133. The summed E-state index contributed by atoms with van der Waals surface area (Å²) in [5, 5.41) is 4.16. The van der Waals surface area contributed by atoms with E-state index in [4.69, 9.17) is 0 Å². The van der Waals surface area contributed by atoms with Crippen molar-refractivity contribution in [3.8, 4) is 0 Å². The van der Waals surface area contributed by atoms with Gasteiger partial charge < -0.3 is 0 Å². The first-order chi connectivity index (χ1) is 8.31. The van der Waals surface area contributed by atoms with Gasteiger partial charge in [0, 0.05) is 24.4 Å². The van der Waals surface area contributed by atoms with E-state index < -0.39 is 6.17 Å². The summed E-state index contributed by atoms with van der Waals surface area (Å²) in [6.45, 7) is 4.16. The zero-order valence-electron chi connectivity index (χ0n) is 10.0. The summed E-state index contributed by atoms with van der Waals surface area (Å²) in [7, 11) is 0. The predicted molar refractivity (Wildman–Crippen MR) is 64.4 cm³/mol. The molecule has 1 aromatic rings. The second-order valence-electron chi connectivity index (χ2n) is 4.88.